The van der Waals surface area contributed by atoms with Crippen LogP contribution in [-0.4, -0.2) is 26.4 Å². The Morgan fingerprint density at radius 1 is 0.917 bits per heavy atom. The zero-order valence-corrected chi connectivity index (χ0v) is 13.5. The van der Waals surface area contributed by atoms with Gasteiger partial charge in [0.1, 0.15) is 16.7 Å². The lowest BCUT2D eigenvalue weighted by atomic mass is 10.1. The van der Waals surface area contributed by atoms with Crippen LogP contribution in [0.3, 0.4) is 0 Å². The van der Waals surface area contributed by atoms with Crippen molar-refractivity contribution in [2.45, 2.75) is 0 Å². The average molecular weight is 328 g/mol. The monoisotopic (exact) mass is 328 g/mol. The standard InChI is InChI=1S/C18H16O6/c1-21-11-6-4-10(5-7-11)17-18(23-3)16(20)14-12(24-17)8-9-13(22-2)15(14)19/h4-9,19H,1-3H3. The minimum atomic E-state index is -0.471. The van der Waals surface area contributed by atoms with E-state index in [0.717, 1.165) is 0 Å². The van der Waals surface area contributed by atoms with E-state index in [-0.39, 0.29) is 34.0 Å². The summed E-state index contributed by atoms with van der Waals surface area (Å²) in [6, 6.07) is 10.1. The van der Waals surface area contributed by atoms with Crippen molar-refractivity contribution in [1.29, 1.82) is 0 Å². The fraction of sp³-hybridized carbons (Fsp3) is 0.167. The van der Waals surface area contributed by atoms with Gasteiger partial charge < -0.3 is 23.7 Å². The van der Waals surface area contributed by atoms with Crippen LogP contribution in [0.5, 0.6) is 23.0 Å². The molecule has 0 radical (unpaired) electrons. The number of methoxy groups -OCH3 is 3. The Bertz CT molecular complexity index is 940. The molecule has 3 aromatic rings. The summed E-state index contributed by atoms with van der Waals surface area (Å²) >= 11 is 0. The Labute approximate surface area is 137 Å². The van der Waals surface area contributed by atoms with Gasteiger partial charge in [-0.2, -0.15) is 0 Å². The Balaban J connectivity index is 2.31. The number of hydrogen-bond donors (Lipinski definition) is 1. The molecule has 0 spiro atoms. The number of benzene rings is 2. The number of rotatable bonds is 4. The first kappa shape index (κ1) is 15.7. The molecule has 6 heteroatoms. The molecule has 0 bridgehead atoms. The largest absolute Gasteiger partial charge is 0.504 e. The second-order valence-electron chi connectivity index (χ2n) is 5.01. The van der Waals surface area contributed by atoms with Gasteiger partial charge in [0.25, 0.3) is 0 Å². The van der Waals surface area contributed by atoms with Gasteiger partial charge in [-0.15, -0.1) is 0 Å². The highest BCUT2D eigenvalue weighted by atomic mass is 16.5. The lowest BCUT2D eigenvalue weighted by Crippen LogP contribution is -2.08. The van der Waals surface area contributed by atoms with Crippen molar-refractivity contribution in [2.75, 3.05) is 21.3 Å². The zero-order valence-electron chi connectivity index (χ0n) is 13.5. The van der Waals surface area contributed by atoms with Crippen LogP contribution >= 0.6 is 0 Å². The highest BCUT2D eigenvalue weighted by Crippen LogP contribution is 2.37. The molecule has 1 heterocycles. The van der Waals surface area contributed by atoms with Gasteiger partial charge in [0.15, 0.2) is 17.3 Å². The first-order valence-corrected chi connectivity index (χ1v) is 7.16. The van der Waals surface area contributed by atoms with Crippen molar-refractivity contribution in [2.24, 2.45) is 0 Å². The Morgan fingerprint density at radius 3 is 2.21 bits per heavy atom. The minimum Gasteiger partial charge on any atom is -0.504 e. The molecule has 124 valence electrons. The topological polar surface area (TPSA) is 78.1 Å². The third kappa shape index (κ3) is 2.42. The molecule has 1 N–H and O–H groups in total. The third-order valence-corrected chi connectivity index (χ3v) is 3.73. The van der Waals surface area contributed by atoms with Crippen molar-refractivity contribution >= 4 is 11.0 Å². The summed E-state index contributed by atoms with van der Waals surface area (Å²) in [4.78, 5) is 12.7. The third-order valence-electron chi connectivity index (χ3n) is 3.73. The molecular weight excluding hydrogens is 312 g/mol. The number of phenols is 1. The Kier molecular flexibility index (Phi) is 4.04. The second kappa shape index (κ2) is 6.16. The first-order chi connectivity index (χ1) is 11.6. The molecular formula is C18H16O6. The van der Waals surface area contributed by atoms with Crippen molar-refractivity contribution in [3.05, 3.63) is 46.6 Å². The van der Waals surface area contributed by atoms with Crippen LogP contribution in [0.2, 0.25) is 0 Å². The molecule has 6 nitrogen and oxygen atoms in total. The lowest BCUT2D eigenvalue weighted by molar-refractivity contribution is 0.374. The van der Waals surface area contributed by atoms with Crippen LogP contribution in [0.25, 0.3) is 22.3 Å². The van der Waals surface area contributed by atoms with Gasteiger partial charge in [-0.3, -0.25) is 4.79 Å². The lowest BCUT2D eigenvalue weighted by Gasteiger charge is -2.11. The number of fused-ring (bicyclic) bond motifs is 1. The summed E-state index contributed by atoms with van der Waals surface area (Å²) < 4.78 is 21.2. The molecule has 0 aliphatic rings. The molecule has 0 unspecified atom stereocenters. The van der Waals surface area contributed by atoms with Crippen molar-refractivity contribution in [3.63, 3.8) is 0 Å². The minimum absolute atomic E-state index is 0.0104. The number of hydrogen-bond acceptors (Lipinski definition) is 6. The smallest absolute Gasteiger partial charge is 0.239 e. The van der Waals surface area contributed by atoms with Crippen LogP contribution < -0.4 is 19.6 Å². The van der Waals surface area contributed by atoms with Gasteiger partial charge in [0.2, 0.25) is 11.2 Å². The molecule has 0 fully saturated rings. The van der Waals surface area contributed by atoms with E-state index >= 15 is 0 Å². The van der Waals surface area contributed by atoms with E-state index in [1.54, 1.807) is 37.4 Å². The molecule has 0 saturated heterocycles. The average Bonchev–Trinajstić information content (AvgIpc) is 2.61. The van der Waals surface area contributed by atoms with Crippen LogP contribution in [0, 0.1) is 0 Å². The van der Waals surface area contributed by atoms with Crippen LogP contribution in [0.15, 0.2) is 45.6 Å². The van der Waals surface area contributed by atoms with Crippen LogP contribution in [-0.2, 0) is 0 Å². The van der Waals surface area contributed by atoms with Gasteiger partial charge >= 0.3 is 0 Å². The predicted molar refractivity (Wildman–Crippen MR) is 89.2 cm³/mol. The molecule has 0 saturated carbocycles. The number of aromatic hydroxyl groups is 1. The van der Waals surface area contributed by atoms with Crippen molar-refractivity contribution in [3.8, 4) is 34.3 Å². The van der Waals surface area contributed by atoms with Gasteiger partial charge in [0.05, 0.1) is 21.3 Å². The van der Waals surface area contributed by atoms with E-state index in [1.807, 2.05) is 0 Å². The van der Waals surface area contributed by atoms with Crippen LogP contribution in [0.1, 0.15) is 0 Å². The molecule has 1 aromatic heterocycles. The fourth-order valence-corrected chi connectivity index (χ4v) is 2.51. The molecule has 0 atom stereocenters. The molecule has 2 aromatic carbocycles. The maximum atomic E-state index is 12.7. The number of ether oxygens (including phenoxy) is 3. The maximum absolute atomic E-state index is 12.7. The summed E-state index contributed by atoms with van der Waals surface area (Å²) in [5, 5.41) is 10.2. The first-order valence-electron chi connectivity index (χ1n) is 7.16. The highest BCUT2D eigenvalue weighted by molar-refractivity contribution is 5.89. The van der Waals surface area contributed by atoms with Gasteiger partial charge in [-0.1, -0.05) is 0 Å². The van der Waals surface area contributed by atoms with Crippen molar-refractivity contribution < 1.29 is 23.7 Å². The SMILES string of the molecule is COc1ccc(-c2oc3ccc(OC)c(O)c3c(=O)c2OC)cc1. The van der Waals surface area contributed by atoms with Gasteiger partial charge in [0, 0.05) is 5.56 Å². The molecule has 24 heavy (non-hydrogen) atoms. The van der Waals surface area contributed by atoms with Crippen molar-refractivity contribution in [1.82, 2.24) is 0 Å². The summed E-state index contributed by atoms with van der Waals surface area (Å²) in [6.45, 7) is 0. The van der Waals surface area contributed by atoms with E-state index in [4.69, 9.17) is 18.6 Å². The van der Waals surface area contributed by atoms with E-state index < -0.39 is 5.43 Å². The zero-order chi connectivity index (χ0) is 17.3. The number of phenolic OH excluding ortho intramolecular Hbond substituents is 1. The quantitative estimate of drug-likeness (QED) is 0.792. The van der Waals surface area contributed by atoms with E-state index in [0.29, 0.717) is 11.3 Å². The molecule has 3 rings (SSSR count). The summed E-state index contributed by atoms with van der Waals surface area (Å²) in [7, 11) is 4.36. The molecule has 0 aliphatic heterocycles. The normalized spacial score (nSPS) is 10.6. The second-order valence-corrected chi connectivity index (χ2v) is 5.01. The Morgan fingerprint density at radius 2 is 1.62 bits per heavy atom. The van der Waals surface area contributed by atoms with Gasteiger partial charge in [-0.05, 0) is 36.4 Å². The molecule has 0 aliphatic carbocycles. The van der Waals surface area contributed by atoms with E-state index in [9.17, 15) is 9.90 Å². The fourth-order valence-electron chi connectivity index (χ4n) is 2.51. The molecule has 0 amide bonds. The van der Waals surface area contributed by atoms with Gasteiger partial charge in [-0.25, -0.2) is 0 Å². The maximum Gasteiger partial charge on any atom is 0.239 e. The summed E-state index contributed by atoms with van der Waals surface area (Å²) in [5.74, 6) is 0.888. The van der Waals surface area contributed by atoms with Crippen LogP contribution in [0.4, 0.5) is 0 Å². The summed E-state index contributed by atoms with van der Waals surface area (Å²) in [5.41, 5.74) is 0.424. The highest BCUT2D eigenvalue weighted by Gasteiger charge is 2.21. The Hall–Kier alpha value is -3.15. The van der Waals surface area contributed by atoms with E-state index in [2.05, 4.69) is 0 Å². The predicted octanol–water partition coefficient (Wildman–Crippen LogP) is 3.19. The summed E-state index contributed by atoms with van der Waals surface area (Å²) in [6.07, 6.45) is 0. The van der Waals surface area contributed by atoms with E-state index in [1.165, 1.54) is 20.3 Å².